The highest BCUT2D eigenvalue weighted by Gasteiger charge is 2.44. The van der Waals surface area contributed by atoms with Gasteiger partial charge in [-0.3, -0.25) is 0 Å². The van der Waals surface area contributed by atoms with Gasteiger partial charge in [-0.25, -0.2) is 9.59 Å². The van der Waals surface area contributed by atoms with Crippen LogP contribution in [0.2, 0.25) is 0 Å². The molecule has 1 atom stereocenters. The van der Waals surface area contributed by atoms with Crippen molar-refractivity contribution in [1.29, 1.82) is 0 Å². The predicted octanol–water partition coefficient (Wildman–Crippen LogP) is 4.58. The van der Waals surface area contributed by atoms with Crippen LogP contribution in [-0.4, -0.2) is 56.3 Å². The Hall–Kier alpha value is -3.45. The van der Waals surface area contributed by atoms with E-state index in [1.165, 1.54) is 7.11 Å². The van der Waals surface area contributed by atoms with Crippen LogP contribution < -0.4 is 20.3 Å². The number of carboxylic acids is 1. The molecule has 1 amide bonds. The lowest BCUT2D eigenvalue weighted by atomic mass is 9.71. The van der Waals surface area contributed by atoms with E-state index in [0.717, 1.165) is 12.1 Å². The van der Waals surface area contributed by atoms with Crippen LogP contribution in [0.25, 0.3) is 0 Å². The molecule has 1 unspecified atom stereocenters. The second-order valence-electron chi connectivity index (χ2n) is 11.5. The Kier molecular flexibility index (Phi) is 9.86. The lowest BCUT2D eigenvalue weighted by molar-refractivity contribution is -0.139. The second-order valence-corrected chi connectivity index (χ2v) is 11.5. The zero-order valence-electron chi connectivity index (χ0n) is 23.9. The quantitative estimate of drug-likeness (QED) is 0.414. The molecule has 0 bridgehead atoms. The molecule has 1 saturated heterocycles. The number of methoxy groups -OCH3 is 1. The van der Waals surface area contributed by atoms with E-state index in [-0.39, 0.29) is 31.1 Å². The van der Waals surface area contributed by atoms with Crippen molar-refractivity contribution < 1.29 is 51.4 Å². The maximum Gasteiger partial charge on any atom is 0.498 e. The van der Waals surface area contributed by atoms with Gasteiger partial charge in [0.25, 0.3) is 0 Å². The van der Waals surface area contributed by atoms with Gasteiger partial charge in [-0.2, -0.15) is 13.2 Å². The molecule has 13 heteroatoms. The summed E-state index contributed by atoms with van der Waals surface area (Å²) in [6, 6.07) is 7.15. The molecule has 0 spiro atoms. The van der Waals surface area contributed by atoms with E-state index in [2.05, 4.69) is 5.32 Å². The SMILES string of the molecule is COc1ccc(COc2c(CC(NC(=O)OC(C)(C)C)C(=O)O)ccc(C(F)(F)F)c2B2OCC(C)(C)CO2)cc1. The largest absolute Gasteiger partial charge is 0.498 e. The van der Waals surface area contributed by atoms with Crippen molar-refractivity contribution in [2.24, 2.45) is 5.41 Å². The standard InChI is InChI=1S/C28H35BF3NO8/c1-26(2,3)41-25(36)33-21(24(34)35)13-18-9-12-20(28(30,31)32)22(29-39-15-27(4,5)16-40-29)23(18)38-14-17-7-10-19(37-6)11-8-17/h7-12,21H,13-16H2,1-6H3,(H,33,36)(H,34,35). The van der Waals surface area contributed by atoms with E-state index in [0.29, 0.717) is 11.3 Å². The number of carbonyl (C=O) groups is 2. The van der Waals surface area contributed by atoms with Crippen LogP contribution >= 0.6 is 0 Å². The van der Waals surface area contributed by atoms with Gasteiger partial charge in [0, 0.05) is 30.5 Å². The number of alkyl halides is 3. The van der Waals surface area contributed by atoms with Gasteiger partial charge in [0.1, 0.15) is 29.7 Å². The van der Waals surface area contributed by atoms with Crippen LogP contribution in [0.1, 0.15) is 51.3 Å². The number of carboxylic acid groups (broad SMARTS) is 1. The van der Waals surface area contributed by atoms with Gasteiger partial charge < -0.3 is 33.9 Å². The highest BCUT2D eigenvalue weighted by Crippen LogP contribution is 2.35. The van der Waals surface area contributed by atoms with Crippen LogP contribution in [0.4, 0.5) is 18.0 Å². The summed E-state index contributed by atoms with van der Waals surface area (Å²) in [5.74, 6) is -1.07. The Bertz CT molecular complexity index is 1220. The number of carbonyl (C=O) groups excluding carboxylic acids is 1. The number of benzene rings is 2. The summed E-state index contributed by atoms with van der Waals surface area (Å²) in [6.45, 7) is 8.63. The zero-order chi connectivity index (χ0) is 30.6. The molecule has 0 aliphatic carbocycles. The van der Waals surface area contributed by atoms with E-state index < -0.39 is 59.9 Å². The number of rotatable bonds is 9. The Morgan fingerprint density at radius 2 is 1.68 bits per heavy atom. The van der Waals surface area contributed by atoms with Crippen molar-refractivity contribution in [3.63, 3.8) is 0 Å². The van der Waals surface area contributed by atoms with Crippen LogP contribution in [-0.2, 0) is 38.0 Å². The molecule has 41 heavy (non-hydrogen) atoms. The summed E-state index contributed by atoms with van der Waals surface area (Å²) >= 11 is 0. The van der Waals surface area contributed by atoms with Crippen LogP contribution in [0.15, 0.2) is 36.4 Å². The average molecular weight is 581 g/mol. The first-order chi connectivity index (χ1) is 19.0. The lowest BCUT2D eigenvalue weighted by Gasteiger charge is -2.34. The van der Waals surface area contributed by atoms with Gasteiger partial charge in [-0.05, 0) is 50.1 Å². The first-order valence-corrected chi connectivity index (χ1v) is 12.9. The third-order valence-electron chi connectivity index (χ3n) is 6.02. The van der Waals surface area contributed by atoms with Crippen molar-refractivity contribution >= 4 is 24.6 Å². The third kappa shape index (κ3) is 9.02. The molecule has 2 N–H and O–H groups in total. The molecule has 1 aliphatic rings. The Balaban J connectivity index is 2.07. The zero-order valence-corrected chi connectivity index (χ0v) is 23.9. The number of hydrogen-bond donors (Lipinski definition) is 2. The minimum atomic E-state index is -4.80. The first-order valence-electron chi connectivity index (χ1n) is 12.9. The maximum atomic E-state index is 14.3. The van der Waals surface area contributed by atoms with Gasteiger partial charge in [-0.15, -0.1) is 0 Å². The highest BCUT2D eigenvalue weighted by molar-refractivity contribution is 6.63. The summed E-state index contributed by atoms with van der Waals surface area (Å²) < 4.78 is 70.7. The predicted molar refractivity (Wildman–Crippen MR) is 144 cm³/mol. The van der Waals surface area contributed by atoms with E-state index >= 15 is 0 Å². The fourth-order valence-corrected chi connectivity index (χ4v) is 4.06. The first kappa shape index (κ1) is 32.1. The van der Waals surface area contributed by atoms with Crippen molar-refractivity contribution in [1.82, 2.24) is 5.32 Å². The Labute approximate surface area is 237 Å². The minimum absolute atomic E-state index is 0.0991. The molecule has 1 heterocycles. The molecule has 1 fully saturated rings. The van der Waals surface area contributed by atoms with Crippen LogP contribution in [0.3, 0.4) is 0 Å². The van der Waals surface area contributed by atoms with Gasteiger partial charge in [0.2, 0.25) is 0 Å². The molecule has 2 aromatic carbocycles. The molecule has 2 aromatic rings. The number of hydrogen-bond acceptors (Lipinski definition) is 7. The minimum Gasteiger partial charge on any atom is -0.497 e. The molecule has 0 aromatic heterocycles. The van der Waals surface area contributed by atoms with Crippen molar-refractivity contribution in [2.75, 3.05) is 20.3 Å². The van der Waals surface area contributed by atoms with Crippen molar-refractivity contribution in [2.45, 2.75) is 65.5 Å². The number of ether oxygens (including phenoxy) is 3. The van der Waals surface area contributed by atoms with E-state index in [1.54, 1.807) is 45.0 Å². The molecule has 224 valence electrons. The van der Waals surface area contributed by atoms with Gasteiger partial charge >= 0.3 is 25.4 Å². The fraction of sp³-hybridized carbons (Fsp3) is 0.500. The van der Waals surface area contributed by atoms with Crippen molar-refractivity contribution in [3.05, 3.63) is 53.1 Å². The monoisotopic (exact) mass is 581 g/mol. The Morgan fingerprint density at radius 1 is 1.07 bits per heavy atom. The van der Waals surface area contributed by atoms with E-state index in [9.17, 15) is 27.9 Å². The van der Waals surface area contributed by atoms with Crippen molar-refractivity contribution in [3.8, 4) is 11.5 Å². The average Bonchev–Trinajstić information content (AvgIpc) is 2.85. The molecule has 1 aliphatic heterocycles. The molecule has 0 saturated carbocycles. The topological polar surface area (TPSA) is 113 Å². The third-order valence-corrected chi connectivity index (χ3v) is 6.02. The van der Waals surface area contributed by atoms with E-state index in [4.69, 9.17) is 23.5 Å². The summed E-state index contributed by atoms with van der Waals surface area (Å²) in [5, 5.41) is 12.1. The van der Waals surface area contributed by atoms with Gasteiger partial charge in [0.15, 0.2) is 0 Å². The smallest absolute Gasteiger partial charge is 0.497 e. The Morgan fingerprint density at radius 3 is 2.20 bits per heavy atom. The molecule has 3 rings (SSSR count). The van der Waals surface area contributed by atoms with E-state index in [1.807, 2.05) is 13.8 Å². The second kappa shape index (κ2) is 12.6. The molecule has 0 radical (unpaired) electrons. The normalized spacial score (nSPS) is 16.1. The maximum absolute atomic E-state index is 14.3. The number of halogens is 3. The summed E-state index contributed by atoms with van der Waals surface area (Å²) in [6.07, 6.45) is -6.19. The number of aliphatic carboxylic acids is 1. The van der Waals surface area contributed by atoms with Gasteiger partial charge in [0.05, 0.1) is 12.7 Å². The van der Waals surface area contributed by atoms with Crippen LogP contribution in [0, 0.1) is 5.41 Å². The fourth-order valence-electron chi connectivity index (χ4n) is 4.06. The number of alkyl carbamates (subject to hydrolysis) is 1. The number of amides is 1. The molecular formula is C28H35BF3NO8. The molecule has 9 nitrogen and oxygen atoms in total. The summed E-state index contributed by atoms with van der Waals surface area (Å²) in [7, 11) is 0.0788. The summed E-state index contributed by atoms with van der Waals surface area (Å²) in [5.41, 5.74) is -2.05. The van der Waals surface area contributed by atoms with Gasteiger partial charge in [-0.1, -0.05) is 32.0 Å². The summed E-state index contributed by atoms with van der Waals surface area (Å²) in [4.78, 5) is 24.4. The molecular weight excluding hydrogens is 546 g/mol. The lowest BCUT2D eigenvalue weighted by Crippen LogP contribution is -2.50. The highest BCUT2D eigenvalue weighted by atomic mass is 19.4. The van der Waals surface area contributed by atoms with Crippen LogP contribution in [0.5, 0.6) is 11.5 Å². The number of nitrogens with one attached hydrogen (secondary N) is 1.